The Balaban J connectivity index is 1.70. The number of pyridine rings is 1. The summed E-state index contributed by atoms with van der Waals surface area (Å²) in [6, 6.07) is 17.1. The van der Waals surface area contributed by atoms with Crippen molar-refractivity contribution in [3.05, 3.63) is 59.1 Å². The number of aromatic nitrogens is 1. The molecule has 0 amide bonds. The molecule has 5 heteroatoms. The van der Waals surface area contributed by atoms with Crippen LogP contribution in [-0.4, -0.2) is 38.2 Å². The van der Waals surface area contributed by atoms with Crippen LogP contribution in [0.4, 0.5) is 5.82 Å². The van der Waals surface area contributed by atoms with Gasteiger partial charge >= 0.3 is 0 Å². The zero-order chi connectivity index (χ0) is 17.9. The molecule has 1 aliphatic heterocycles. The van der Waals surface area contributed by atoms with Crippen LogP contribution in [0.1, 0.15) is 5.56 Å². The molecule has 0 spiro atoms. The van der Waals surface area contributed by atoms with Crippen molar-refractivity contribution in [2.75, 3.05) is 38.1 Å². The highest BCUT2D eigenvalue weighted by Crippen LogP contribution is 2.31. The van der Waals surface area contributed by atoms with E-state index in [-0.39, 0.29) is 0 Å². The van der Waals surface area contributed by atoms with Crippen LogP contribution in [-0.2, 0) is 6.54 Å². The molecule has 1 aliphatic rings. The van der Waals surface area contributed by atoms with Gasteiger partial charge in [0.15, 0.2) is 0 Å². The van der Waals surface area contributed by atoms with Gasteiger partial charge in [0.05, 0.1) is 10.5 Å². The van der Waals surface area contributed by atoms with E-state index in [0.29, 0.717) is 0 Å². The smallest absolute Gasteiger partial charge is 0.148 e. The van der Waals surface area contributed by atoms with Crippen molar-refractivity contribution in [2.45, 2.75) is 6.54 Å². The number of fused-ring (bicyclic) bond motifs is 1. The number of benzene rings is 2. The Morgan fingerprint density at radius 1 is 1.08 bits per heavy atom. The molecule has 2 heterocycles. The van der Waals surface area contributed by atoms with E-state index in [2.05, 4.69) is 58.0 Å². The maximum atomic E-state index is 6.57. The topological polar surface area (TPSA) is 40.2 Å². The van der Waals surface area contributed by atoms with E-state index >= 15 is 0 Å². The Bertz CT molecular complexity index is 919. The number of nitrogens with one attached hydrogen (secondary N) is 2. The lowest BCUT2D eigenvalue weighted by molar-refractivity contribution is 0.585. The first-order chi connectivity index (χ1) is 12.7. The maximum absolute atomic E-state index is 6.57. The van der Waals surface area contributed by atoms with Crippen molar-refractivity contribution in [1.82, 2.24) is 15.6 Å². The minimum absolute atomic E-state index is 0.723. The third-order valence-corrected chi connectivity index (χ3v) is 5.09. The van der Waals surface area contributed by atoms with Crippen LogP contribution >= 0.6 is 11.6 Å². The van der Waals surface area contributed by atoms with E-state index < -0.39 is 0 Å². The summed E-state index contributed by atoms with van der Waals surface area (Å²) in [7, 11) is 1.96. The molecule has 2 aromatic carbocycles. The molecule has 1 fully saturated rings. The second-order valence-corrected chi connectivity index (χ2v) is 7.08. The molecule has 0 aliphatic carbocycles. The Morgan fingerprint density at radius 3 is 2.69 bits per heavy atom. The first kappa shape index (κ1) is 17.3. The molecule has 2 N–H and O–H groups in total. The fraction of sp³-hybridized carbons (Fsp3) is 0.286. The van der Waals surface area contributed by atoms with Gasteiger partial charge in [0, 0.05) is 38.1 Å². The van der Waals surface area contributed by atoms with Gasteiger partial charge in [-0.1, -0.05) is 35.9 Å². The molecule has 0 radical (unpaired) electrons. The third-order valence-electron chi connectivity index (χ3n) is 4.81. The van der Waals surface area contributed by atoms with Gasteiger partial charge in [-0.3, -0.25) is 0 Å². The van der Waals surface area contributed by atoms with Crippen LogP contribution in [0.2, 0.25) is 5.02 Å². The molecule has 4 nitrogen and oxygen atoms in total. The van der Waals surface area contributed by atoms with Crippen LogP contribution in [0.15, 0.2) is 48.5 Å². The van der Waals surface area contributed by atoms with E-state index in [0.717, 1.165) is 54.5 Å². The number of anilines is 1. The van der Waals surface area contributed by atoms with E-state index in [9.17, 15) is 0 Å². The van der Waals surface area contributed by atoms with Gasteiger partial charge in [-0.2, -0.15) is 0 Å². The number of hydrogen-bond acceptors (Lipinski definition) is 4. The molecule has 0 atom stereocenters. The fourth-order valence-electron chi connectivity index (χ4n) is 3.48. The van der Waals surface area contributed by atoms with Crippen LogP contribution in [0, 0.1) is 0 Å². The summed E-state index contributed by atoms with van der Waals surface area (Å²) in [4.78, 5) is 7.09. The summed E-state index contributed by atoms with van der Waals surface area (Å²) in [6.07, 6.45) is 0. The molecule has 26 heavy (non-hydrogen) atoms. The largest absolute Gasteiger partial charge is 0.353 e. The fourth-order valence-corrected chi connectivity index (χ4v) is 3.76. The van der Waals surface area contributed by atoms with Crippen molar-refractivity contribution < 1.29 is 0 Å². The molecule has 1 saturated heterocycles. The molecular formula is C21H23ClN4. The second kappa shape index (κ2) is 7.62. The Kier molecular flexibility index (Phi) is 5.07. The van der Waals surface area contributed by atoms with E-state index in [1.165, 1.54) is 16.7 Å². The standard InChI is InChI=1S/C21H23ClN4/c1-23-14-15-3-2-4-16(11-15)17-5-6-20-18(12-17)13-19(22)21(25-20)26-9-7-24-8-10-26/h2-6,11-13,23-24H,7-10,14H2,1H3. The first-order valence-electron chi connectivity index (χ1n) is 9.04. The Hall–Kier alpha value is -2.14. The summed E-state index contributed by atoms with van der Waals surface area (Å²) >= 11 is 6.57. The van der Waals surface area contributed by atoms with Crippen LogP contribution in [0.5, 0.6) is 0 Å². The van der Waals surface area contributed by atoms with Gasteiger partial charge in [-0.25, -0.2) is 4.98 Å². The van der Waals surface area contributed by atoms with E-state index in [1.807, 2.05) is 13.1 Å². The highest BCUT2D eigenvalue weighted by Gasteiger charge is 2.16. The summed E-state index contributed by atoms with van der Waals surface area (Å²) in [5.74, 6) is 0.893. The predicted octanol–water partition coefficient (Wildman–Crippen LogP) is 3.68. The average molecular weight is 367 g/mol. The molecule has 0 bridgehead atoms. The molecule has 1 aromatic heterocycles. The van der Waals surface area contributed by atoms with Crippen LogP contribution in [0.25, 0.3) is 22.0 Å². The molecule has 4 rings (SSSR count). The molecule has 3 aromatic rings. The van der Waals surface area contributed by atoms with Gasteiger partial charge in [-0.05, 0) is 48.0 Å². The molecule has 0 unspecified atom stereocenters. The minimum Gasteiger partial charge on any atom is -0.353 e. The van der Waals surface area contributed by atoms with Gasteiger partial charge in [0.2, 0.25) is 0 Å². The lowest BCUT2D eigenvalue weighted by atomic mass is 10.0. The lowest BCUT2D eigenvalue weighted by Gasteiger charge is -2.29. The van der Waals surface area contributed by atoms with Gasteiger partial charge in [0.25, 0.3) is 0 Å². The van der Waals surface area contributed by atoms with Crippen molar-refractivity contribution in [3.8, 4) is 11.1 Å². The normalized spacial score (nSPS) is 14.8. The number of halogens is 1. The monoisotopic (exact) mass is 366 g/mol. The number of rotatable bonds is 4. The van der Waals surface area contributed by atoms with Crippen LogP contribution in [0.3, 0.4) is 0 Å². The molecule has 134 valence electrons. The van der Waals surface area contributed by atoms with Crippen molar-refractivity contribution in [2.24, 2.45) is 0 Å². The highest BCUT2D eigenvalue weighted by molar-refractivity contribution is 6.33. The average Bonchev–Trinajstić information content (AvgIpc) is 2.68. The van der Waals surface area contributed by atoms with Crippen molar-refractivity contribution in [3.63, 3.8) is 0 Å². The lowest BCUT2D eigenvalue weighted by Crippen LogP contribution is -2.44. The quantitative estimate of drug-likeness (QED) is 0.739. The summed E-state index contributed by atoms with van der Waals surface area (Å²) in [5, 5.41) is 8.36. The maximum Gasteiger partial charge on any atom is 0.148 e. The summed E-state index contributed by atoms with van der Waals surface area (Å²) in [6.45, 7) is 4.68. The first-order valence-corrected chi connectivity index (χ1v) is 9.42. The zero-order valence-electron chi connectivity index (χ0n) is 14.9. The summed E-state index contributed by atoms with van der Waals surface area (Å²) in [5.41, 5.74) is 4.65. The van der Waals surface area contributed by atoms with Crippen molar-refractivity contribution in [1.29, 1.82) is 0 Å². The SMILES string of the molecule is CNCc1cccc(-c2ccc3nc(N4CCNCC4)c(Cl)cc3c2)c1. The highest BCUT2D eigenvalue weighted by atomic mass is 35.5. The minimum atomic E-state index is 0.723. The molecular weight excluding hydrogens is 344 g/mol. The van der Waals surface area contributed by atoms with Gasteiger partial charge < -0.3 is 15.5 Å². The van der Waals surface area contributed by atoms with E-state index in [1.54, 1.807) is 0 Å². The Morgan fingerprint density at radius 2 is 1.88 bits per heavy atom. The van der Waals surface area contributed by atoms with Gasteiger partial charge in [-0.15, -0.1) is 0 Å². The Labute approximate surface area is 159 Å². The third kappa shape index (κ3) is 3.54. The number of nitrogens with zero attached hydrogens (tertiary/aromatic N) is 2. The predicted molar refractivity (Wildman–Crippen MR) is 110 cm³/mol. The van der Waals surface area contributed by atoms with Gasteiger partial charge in [0.1, 0.15) is 5.82 Å². The summed E-state index contributed by atoms with van der Waals surface area (Å²) < 4.78 is 0. The van der Waals surface area contributed by atoms with E-state index in [4.69, 9.17) is 16.6 Å². The number of piperazine rings is 1. The van der Waals surface area contributed by atoms with Crippen molar-refractivity contribution >= 4 is 28.3 Å². The number of hydrogen-bond donors (Lipinski definition) is 2. The zero-order valence-corrected chi connectivity index (χ0v) is 15.7. The van der Waals surface area contributed by atoms with Crippen LogP contribution < -0.4 is 15.5 Å². The molecule has 0 saturated carbocycles. The second-order valence-electron chi connectivity index (χ2n) is 6.67.